The molecule has 20 rings (SSSR count). The summed E-state index contributed by atoms with van der Waals surface area (Å²) in [5, 5.41) is 0. The van der Waals surface area contributed by atoms with Crippen molar-refractivity contribution in [1.29, 1.82) is 0 Å². The van der Waals surface area contributed by atoms with Crippen molar-refractivity contribution in [2.24, 2.45) is 0 Å². The van der Waals surface area contributed by atoms with E-state index >= 15 is 0 Å². The summed E-state index contributed by atoms with van der Waals surface area (Å²) in [6.45, 7) is -0.242. The zero-order valence-electron chi connectivity index (χ0n) is 50.7. The van der Waals surface area contributed by atoms with Crippen molar-refractivity contribution in [2.45, 2.75) is 5.41 Å². The Morgan fingerprint density at radius 3 is 0.860 bits per heavy atom. The quantitative estimate of drug-likeness (QED) is 0.155. The van der Waals surface area contributed by atoms with Crippen LogP contribution in [0, 0.1) is 0 Å². The summed E-state index contributed by atoms with van der Waals surface area (Å²) in [4.78, 5) is 4.85. The van der Waals surface area contributed by atoms with Crippen molar-refractivity contribution in [3.8, 4) is 45.3 Å². The third kappa shape index (κ3) is 7.43. The second-order valence-electron chi connectivity index (χ2n) is 25.6. The second-order valence-corrected chi connectivity index (χ2v) is 25.6. The number of fused-ring (bicyclic) bond motifs is 20. The Hall–Kier alpha value is -11.5. The molecule has 14 aromatic rings. The third-order valence-electron chi connectivity index (χ3n) is 21.1. The number of benzene rings is 14. The molecular formula is C85H54B4N2O2. The SMILES string of the molecule is c1ccc(B2c3ccccc3B(c3ccccc3)c3c2ccc2c3-c3cc(N4c5ccccc5Oc5ccccc54)ccc3C23c2ccc(N4c5ccccc5Oc5ccccc54)cc2-c2c3ccc3c2B(c2ccccc2)c2ccccc2B3c2ccccc2)cc1. The van der Waals surface area contributed by atoms with Gasteiger partial charge in [0.05, 0.1) is 28.2 Å². The molecule has 14 aromatic carbocycles. The number of para-hydroxylation sites is 8. The summed E-state index contributed by atoms with van der Waals surface area (Å²) in [5.74, 6) is 3.30. The van der Waals surface area contributed by atoms with Gasteiger partial charge in [-0.15, -0.1) is 0 Å². The summed E-state index contributed by atoms with van der Waals surface area (Å²) >= 11 is 0. The van der Waals surface area contributed by atoms with E-state index in [0.717, 1.165) is 57.1 Å². The molecule has 1 spiro atoms. The molecule has 4 heterocycles. The first-order valence-electron chi connectivity index (χ1n) is 32.5. The highest BCUT2D eigenvalue weighted by atomic mass is 16.5. The lowest BCUT2D eigenvalue weighted by Gasteiger charge is -2.36. The van der Waals surface area contributed by atoms with Crippen molar-refractivity contribution < 1.29 is 9.47 Å². The van der Waals surface area contributed by atoms with Gasteiger partial charge in [-0.1, -0.05) is 320 Å². The highest BCUT2D eigenvalue weighted by molar-refractivity contribution is 7.12. The van der Waals surface area contributed by atoms with Crippen LogP contribution >= 0.6 is 0 Å². The maximum absolute atomic E-state index is 6.74. The van der Waals surface area contributed by atoms with E-state index in [1.165, 1.54) is 110 Å². The first-order valence-corrected chi connectivity index (χ1v) is 32.5. The number of anilines is 6. The number of ether oxygens (including phenoxy) is 2. The van der Waals surface area contributed by atoms with Crippen molar-refractivity contribution in [2.75, 3.05) is 9.80 Å². The molecule has 0 saturated carbocycles. The van der Waals surface area contributed by atoms with Crippen LogP contribution in [0.5, 0.6) is 23.0 Å². The lowest BCUT2D eigenvalue weighted by Crippen LogP contribution is -2.75. The molecule has 0 radical (unpaired) electrons. The van der Waals surface area contributed by atoms with Gasteiger partial charge in [-0.25, -0.2) is 0 Å². The Labute approximate surface area is 543 Å². The Kier molecular flexibility index (Phi) is 11.4. The van der Waals surface area contributed by atoms with E-state index < -0.39 is 5.41 Å². The summed E-state index contributed by atoms with van der Waals surface area (Å²) in [5.41, 5.74) is 31.4. The molecule has 0 saturated heterocycles. The van der Waals surface area contributed by atoms with Gasteiger partial charge >= 0.3 is 0 Å². The van der Waals surface area contributed by atoms with Crippen LogP contribution in [0.4, 0.5) is 34.1 Å². The van der Waals surface area contributed by atoms with Crippen LogP contribution < -0.4 is 84.8 Å². The minimum absolute atomic E-state index is 0.0255. The highest BCUT2D eigenvalue weighted by Gasteiger charge is 2.57. The highest BCUT2D eigenvalue weighted by Crippen LogP contribution is 2.64. The van der Waals surface area contributed by atoms with Crippen molar-refractivity contribution >= 4 is 127 Å². The molecule has 0 amide bonds. The third-order valence-corrected chi connectivity index (χ3v) is 21.1. The normalized spacial score (nSPS) is 14.2. The number of hydrogen-bond donors (Lipinski definition) is 0. The van der Waals surface area contributed by atoms with E-state index in [9.17, 15) is 0 Å². The van der Waals surface area contributed by atoms with Crippen LogP contribution in [0.15, 0.2) is 328 Å². The summed E-state index contributed by atoms with van der Waals surface area (Å²) in [7, 11) is 0. The van der Waals surface area contributed by atoms with Gasteiger partial charge in [0.15, 0.2) is 23.0 Å². The van der Waals surface area contributed by atoms with E-state index in [2.05, 4.69) is 337 Å². The molecule has 4 nitrogen and oxygen atoms in total. The molecule has 6 aliphatic rings. The molecule has 8 heteroatoms. The van der Waals surface area contributed by atoms with Gasteiger partial charge in [0.25, 0.3) is 0 Å². The minimum atomic E-state index is -0.807. The van der Waals surface area contributed by atoms with Crippen LogP contribution in [-0.2, 0) is 5.41 Å². The molecule has 0 atom stereocenters. The van der Waals surface area contributed by atoms with Gasteiger partial charge in [0, 0.05) is 11.4 Å². The zero-order chi connectivity index (χ0) is 60.9. The number of hydrogen-bond acceptors (Lipinski definition) is 4. The predicted octanol–water partition coefficient (Wildman–Crippen LogP) is 11.9. The summed E-state index contributed by atoms with van der Waals surface area (Å²) < 4.78 is 13.5. The number of nitrogens with zero attached hydrogens (tertiary/aromatic N) is 2. The Morgan fingerprint density at radius 1 is 0.237 bits per heavy atom. The van der Waals surface area contributed by atoms with Gasteiger partial charge < -0.3 is 19.3 Å². The fourth-order valence-corrected chi connectivity index (χ4v) is 17.6. The van der Waals surface area contributed by atoms with E-state index in [0.29, 0.717) is 0 Å². The molecular weight excluding hydrogens is 1120 g/mol. The van der Waals surface area contributed by atoms with Crippen LogP contribution in [0.3, 0.4) is 0 Å². The molecule has 0 N–H and O–H groups in total. The largest absolute Gasteiger partial charge is 0.453 e. The molecule has 0 bridgehead atoms. The van der Waals surface area contributed by atoms with Crippen LogP contribution in [0.1, 0.15) is 22.3 Å². The Bertz CT molecular complexity index is 4990. The van der Waals surface area contributed by atoms with Gasteiger partial charge in [0.1, 0.15) is 0 Å². The van der Waals surface area contributed by atoms with Gasteiger partial charge in [-0.05, 0) is 117 Å². The standard InChI is InChI=1S/C85H54B4N2O2/c1-5-25-55(26-6-1)86-67-33-13-15-35-69(67)88(57-29-9-3-10-30-57)83-71(86)51-49-65-81(83)61-53-59(90-73-37-17-21-41-77(73)92-78-42-22-18-38-74(78)90)45-47-63(61)85(65)64-48-46-60(91-75-39-19-23-43-79(75)93-80-44-24-20-40-76(80)91)54-62(64)82-66(85)50-52-72-84(82)89(58-31-11-4-12-32-58)70-36-16-14-34-68(70)87(72)56-27-7-2-8-28-56/h1-54H. The average molecular weight is 1180 g/mol. The Balaban J connectivity index is 0.949. The molecule has 4 aliphatic heterocycles. The maximum Gasteiger partial charge on any atom is 0.240 e. The number of rotatable bonds is 6. The van der Waals surface area contributed by atoms with Crippen LogP contribution in [0.2, 0.25) is 0 Å². The van der Waals surface area contributed by atoms with Crippen molar-refractivity contribution in [3.63, 3.8) is 0 Å². The molecule has 0 unspecified atom stereocenters. The topological polar surface area (TPSA) is 24.9 Å². The fraction of sp³-hybridized carbons (Fsp3) is 0.0118. The van der Waals surface area contributed by atoms with E-state index in [-0.39, 0.29) is 26.9 Å². The maximum atomic E-state index is 6.74. The summed E-state index contributed by atoms with van der Waals surface area (Å²) in [6, 6.07) is 123. The van der Waals surface area contributed by atoms with Gasteiger partial charge in [-0.3, -0.25) is 0 Å². The molecule has 428 valence electrons. The van der Waals surface area contributed by atoms with E-state index in [4.69, 9.17) is 9.47 Å². The molecule has 2 aliphatic carbocycles. The Morgan fingerprint density at radius 2 is 0.516 bits per heavy atom. The summed E-state index contributed by atoms with van der Waals surface area (Å²) in [6.07, 6.45) is 0. The van der Waals surface area contributed by atoms with Gasteiger partial charge in [-0.2, -0.15) is 0 Å². The van der Waals surface area contributed by atoms with Crippen LogP contribution in [0.25, 0.3) is 22.3 Å². The smallest absolute Gasteiger partial charge is 0.240 e. The minimum Gasteiger partial charge on any atom is -0.453 e. The molecule has 0 aromatic heterocycles. The fourth-order valence-electron chi connectivity index (χ4n) is 17.6. The predicted molar refractivity (Wildman–Crippen MR) is 390 cm³/mol. The molecule has 0 fully saturated rings. The first-order chi connectivity index (χ1) is 46.2. The lowest BCUT2D eigenvalue weighted by molar-refractivity contribution is 0.477. The second kappa shape index (κ2) is 20.3. The first kappa shape index (κ1) is 52.3. The van der Waals surface area contributed by atoms with Crippen molar-refractivity contribution in [3.05, 3.63) is 350 Å². The van der Waals surface area contributed by atoms with Gasteiger partial charge in [0.2, 0.25) is 26.9 Å². The van der Waals surface area contributed by atoms with Crippen LogP contribution in [-0.4, -0.2) is 26.9 Å². The zero-order valence-corrected chi connectivity index (χ0v) is 50.7. The van der Waals surface area contributed by atoms with Crippen molar-refractivity contribution in [1.82, 2.24) is 0 Å². The van der Waals surface area contributed by atoms with E-state index in [1.807, 2.05) is 0 Å². The molecule has 93 heavy (non-hydrogen) atoms. The lowest BCUT2D eigenvalue weighted by atomic mass is 9.20. The van der Waals surface area contributed by atoms with E-state index in [1.54, 1.807) is 0 Å². The average Bonchev–Trinajstić information content (AvgIpc) is 1.50. The monoisotopic (exact) mass is 1180 g/mol.